The topological polar surface area (TPSA) is 12.5 Å². The molecular weight excluding hydrogens is 278 g/mol. The minimum atomic E-state index is 0.0959. The summed E-state index contributed by atoms with van der Waals surface area (Å²) in [5.74, 6) is 0. The number of hydrogen-bond donors (Lipinski definition) is 0. The summed E-state index contributed by atoms with van der Waals surface area (Å²) in [7, 11) is 0. The Labute approximate surface area is 115 Å². The van der Waals surface area contributed by atoms with Crippen molar-refractivity contribution in [1.82, 2.24) is 4.90 Å². The van der Waals surface area contributed by atoms with Crippen LogP contribution in [0, 0.1) is 0 Å². The summed E-state index contributed by atoms with van der Waals surface area (Å²) in [5.41, 5.74) is 0.0959. The third kappa shape index (κ3) is 4.88. The van der Waals surface area contributed by atoms with Crippen molar-refractivity contribution in [2.75, 3.05) is 18.4 Å². The normalized spacial score (nSPS) is 23.8. The maximum Gasteiger partial charge on any atom is 0.0710 e. The van der Waals surface area contributed by atoms with Crippen molar-refractivity contribution in [2.24, 2.45) is 0 Å². The fourth-order valence-corrected chi connectivity index (χ4v) is 3.26. The molecule has 0 aliphatic carbocycles. The molecule has 0 amide bonds. The summed E-state index contributed by atoms with van der Waals surface area (Å²) in [5, 5.41) is 1.06. The summed E-state index contributed by atoms with van der Waals surface area (Å²) >= 11 is 3.57. The van der Waals surface area contributed by atoms with Crippen LogP contribution in [-0.4, -0.2) is 41.1 Å². The van der Waals surface area contributed by atoms with Gasteiger partial charge in [0.25, 0.3) is 0 Å². The molecule has 1 rings (SSSR count). The summed E-state index contributed by atoms with van der Waals surface area (Å²) < 4.78 is 6.11. The summed E-state index contributed by atoms with van der Waals surface area (Å²) in [6.45, 7) is 11.2. The number of rotatable bonds is 7. The Morgan fingerprint density at radius 2 is 2.00 bits per heavy atom. The van der Waals surface area contributed by atoms with Crippen molar-refractivity contribution in [1.29, 1.82) is 0 Å². The van der Waals surface area contributed by atoms with Gasteiger partial charge in [0.1, 0.15) is 0 Å². The molecule has 0 bridgehead atoms. The van der Waals surface area contributed by atoms with E-state index in [1.54, 1.807) is 0 Å². The van der Waals surface area contributed by atoms with E-state index >= 15 is 0 Å². The molecule has 0 aromatic rings. The van der Waals surface area contributed by atoms with E-state index in [1.165, 1.54) is 25.7 Å². The molecule has 0 N–H and O–H groups in total. The van der Waals surface area contributed by atoms with Gasteiger partial charge >= 0.3 is 0 Å². The molecule has 0 radical (unpaired) electrons. The number of halogens is 1. The van der Waals surface area contributed by atoms with Crippen LogP contribution in [0.1, 0.15) is 53.4 Å². The highest BCUT2D eigenvalue weighted by Crippen LogP contribution is 2.30. The predicted octanol–water partition coefficient (Wildman–Crippen LogP) is 3.83. The lowest BCUT2D eigenvalue weighted by molar-refractivity contribution is -0.0333. The highest BCUT2D eigenvalue weighted by molar-refractivity contribution is 9.09. The average Bonchev–Trinajstić information content (AvgIpc) is 2.60. The van der Waals surface area contributed by atoms with Gasteiger partial charge in [-0.25, -0.2) is 0 Å². The Balaban J connectivity index is 2.49. The molecule has 1 fully saturated rings. The largest absolute Gasteiger partial charge is 0.371 e. The van der Waals surface area contributed by atoms with Crippen LogP contribution in [0.4, 0.5) is 0 Å². The molecule has 17 heavy (non-hydrogen) atoms. The monoisotopic (exact) mass is 305 g/mol. The predicted molar refractivity (Wildman–Crippen MR) is 77.9 cm³/mol. The second-order valence-corrected chi connectivity index (χ2v) is 6.49. The maximum absolute atomic E-state index is 6.11. The molecule has 1 unspecified atom stereocenters. The molecule has 1 heterocycles. The Morgan fingerprint density at radius 3 is 2.41 bits per heavy atom. The van der Waals surface area contributed by atoms with Crippen molar-refractivity contribution in [2.45, 2.75) is 71.1 Å². The molecule has 0 aromatic heterocycles. The van der Waals surface area contributed by atoms with Crippen LogP contribution in [0.15, 0.2) is 0 Å². The van der Waals surface area contributed by atoms with Gasteiger partial charge in [-0.05, 0) is 39.5 Å². The fourth-order valence-electron chi connectivity index (χ4n) is 2.80. The zero-order valence-electron chi connectivity index (χ0n) is 11.8. The van der Waals surface area contributed by atoms with Gasteiger partial charge in [-0.3, -0.25) is 4.90 Å². The Hall–Kier alpha value is 0.400. The van der Waals surface area contributed by atoms with Gasteiger partial charge in [0.15, 0.2) is 0 Å². The highest BCUT2D eigenvalue weighted by Gasteiger charge is 2.33. The second kappa shape index (κ2) is 7.10. The highest BCUT2D eigenvalue weighted by atomic mass is 79.9. The first-order chi connectivity index (χ1) is 8.02. The van der Waals surface area contributed by atoms with E-state index in [0.717, 1.165) is 18.4 Å². The van der Waals surface area contributed by atoms with Gasteiger partial charge in [-0.15, -0.1) is 0 Å². The molecule has 2 nitrogen and oxygen atoms in total. The zero-order valence-corrected chi connectivity index (χ0v) is 13.4. The van der Waals surface area contributed by atoms with Crippen molar-refractivity contribution in [3.8, 4) is 0 Å². The van der Waals surface area contributed by atoms with Gasteiger partial charge in [0, 0.05) is 24.5 Å². The Kier molecular flexibility index (Phi) is 6.46. The lowest BCUT2D eigenvalue weighted by Gasteiger charge is -2.32. The van der Waals surface area contributed by atoms with Gasteiger partial charge in [-0.2, -0.15) is 0 Å². The minimum absolute atomic E-state index is 0.0959. The van der Waals surface area contributed by atoms with Crippen LogP contribution in [-0.2, 0) is 4.74 Å². The van der Waals surface area contributed by atoms with Gasteiger partial charge < -0.3 is 4.74 Å². The van der Waals surface area contributed by atoms with Crippen molar-refractivity contribution in [3.63, 3.8) is 0 Å². The van der Waals surface area contributed by atoms with Gasteiger partial charge in [0.05, 0.1) is 11.7 Å². The van der Waals surface area contributed by atoms with Crippen molar-refractivity contribution >= 4 is 15.9 Å². The van der Waals surface area contributed by atoms with Gasteiger partial charge in [-0.1, -0.05) is 29.8 Å². The first kappa shape index (κ1) is 15.5. The first-order valence-electron chi connectivity index (χ1n) is 7.00. The molecule has 1 aliphatic rings. The smallest absolute Gasteiger partial charge is 0.0710 e. The molecule has 102 valence electrons. The van der Waals surface area contributed by atoms with Crippen LogP contribution >= 0.6 is 15.9 Å². The molecule has 1 aliphatic heterocycles. The number of hydrogen-bond acceptors (Lipinski definition) is 2. The van der Waals surface area contributed by atoms with E-state index in [2.05, 4.69) is 48.5 Å². The third-order valence-corrected chi connectivity index (χ3v) is 4.18. The number of ether oxygens (including phenoxy) is 1. The Bertz CT molecular complexity index is 216. The summed E-state index contributed by atoms with van der Waals surface area (Å²) in [4.78, 5) is 2.60. The maximum atomic E-state index is 6.11. The Morgan fingerprint density at radius 1 is 1.35 bits per heavy atom. The van der Waals surface area contributed by atoms with E-state index in [9.17, 15) is 0 Å². The second-order valence-electron chi connectivity index (χ2n) is 5.69. The van der Waals surface area contributed by atoms with E-state index in [4.69, 9.17) is 4.74 Å². The van der Waals surface area contributed by atoms with Crippen LogP contribution < -0.4 is 0 Å². The molecule has 3 heteroatoms. The van der Waals surface area contributed by atoms with Crippen LogP contribution in [0.5, 0.6) is 0 Å². The van der Waals surface area contributed by atoms with E-state index < -0.39 is 0 Å². The quantitative estimate of drug-likeness (QED) is 0.663. The average molecular weight is 306 g/mol. The lowest BCUT2D eigenvalue weighted by Crippen LogP contribution is -2.41. The fraction of sp³-hybridized carbons (Fsp3) is 1.00. The molecular formula is C14H28BrNO. The summed E-state index contributed by atoms with van der Waals surface area (Å²) in [6.07, 6.45) is 5.32. The summed E-state index contributed by atoms with van der Waals surface area (Å²) in [6, 6.07) is 0.708. The van der Waals surface area contributed by atoms with Crippen LogP contribution in [0.3, 0.4) is 0 Å². The molecule has 0 saturated carbocycles. The molecule has 0 spiro atoms. The van der Waals surface area contributed by atoms with Crippen LogP contribution in [0.2, 0.25) is 0 Å². The molecule has 1 saturated heterocycles. The minimum Gasteiger partial charge on any atom is -0.371 e. The molecule has 1 atom stereocenters. The molecule has 0 aromatic carbocycles. The number of alkyl halides is 1. The lowest BCUT2D eigenvalue weighted by atomic mass is 10.0. The number of nitrogens with zero attached hydrogens (tertiary/aromatic N) is 1. The zero-order chi connectivity index (χ0) is 12.9. The third-order valence-electron chi connectivity index (χ3n) is 3.82. The van der Waals surface area contributed by atoms with Crippen molar-refractivity contribution < 1.29 is 4.74 Å². The van der Waals surface area contributed by atoms with E-state index in [1.807, 2.05) is 0 Å². The van der Waals surface area contributed by atoms with E-state index in [0.29, 0.717) is 12.1 Å². The van der Waals surface area contributed by atoms with E-state index in [-0.39, 0.29) is 5.60 Å². The van der Waals surface area contributed by atoms with Crippen LogP contribution in [0.25, 0.3) is 0 Å². The van der Waals surface area contributed by atoms with Crippen molar-refractivity contribution in [3.05, 3.63) is 0 Å². The van der Waals surface area contributed by atoms with Gasteiger partial charge in [0.2, 0.25) is 0 Å². The first-order valence-corrected chi connectivity index (χ1v) is 8.12. The standard InChI is InChI=1S/C14H28BrNO/c1-5-12(6-2)16(10-9-15)11-13-7-8-14(3,4)17-13/h12-13H,5-11H2,1-4H3. The SMILES string of the molecule is CCC(CC)N(CCBr)CC1CCC(C)(C)O1.